The molecule has 0 bridgehead atoms. The second kappa shape index (κ2) is 9.91. The topological polar surface area (TPSA) is 77.1 Å². The fourth-order valence-corrected chi connectivity index (χ4v) is 2.08. The molecule has 0 radical (unpaired) electrons. The quantitative estimate of drug-likeness (QED) is 0.227. The van der Waals surface area contributed by atoms with Crippen molar-refractivity contribution in [2.75, 3.05) is 13.7 Å². The monoisotopic (exact) mass is 294 g/mol. The summed E-state index contributed by atoms with van der Waals surface area (Å²) >= 11 is 0. The van der Waals surface area contributed by atoms with Crippen LogP contribution in [-0.2, 0) is 0 Å². The van der Waals surface area contributed by atoms with E-state index in [0.29, 0.717) is 23.7 Å². The van der Waals surface area contributed by atoms with Crippen LogP contribution in [0, 0.1) is 0 Å². The lowest BCUT2D eigenvalue weighted by atomic mass is 10.1. The second-order valence-corrected chi connectivity index (χ2v) is 4.96. The van der Waals surface area contributed by atoms with Gasteiger partial charge in [-0.1, -0.05) is 44.2 Å². The summed E-state index contributed by atoms with van der Waals surface area (Å²) in [6, 6.07) is 5.24. The van der Waals surface area contributed by atoms with Crippen molar-refractivity contribution in [3.05, 3.63) is 23.8 Å². The van der Waals surface area contributed by atoms with E-state index >= 15 is 0 Å². The molecule has 0 heterocycles. The van der Waals surface area contributed by atoms with Crippen molar-refractivity contribution in [2.24, 2.45) is 10.9 Å². The van der Waals surface area contributed by atoms with Crippen molar-refractivity contribution in [3.63, 3.8) is 0 Å². The molecule has 0 fully saturated rings. The maximum Gasteiger partial charge on any atom is 0.173 e. The van der Waals surface area contributed by atoms with Crippen LogP contribution in [0.15, 0.2) is 23.4 Å². The summed E-state index contributed by atoms with van der Waals surface area (Å²) < 4.78 is 10.9. The normalized spacial score (nSPS) is 11.4. The number of oxime groups is 1. The predicted octanol–water partition coefficient (Wildman–Crippen LogP) is 3.53. The van der Waals surface area contributed by atoms with Crippen LogP contribution >= 0.6 is 0 Å². The summed E-state index contributed by atoms with van der Waals surface area (Å²) in [5.74, 6) is 1.30. The SMILES string of the molecule is CCCCCCCCOc1cc(OC)ccc1/C(N)=N/O. The Morgan fingerprint density at radius 2 is 1.90 bits per heavy atom. The maximum absolute atomic E-state index is 8.81. The van der Waals surface area contributed by atoms with E-state index in [1.165, 1.54) is 25.7 Å². The number of hydrogen-bond acceptors (Lipinski definition) is 4. The van der Waals surface area contributed by atoms with Crippen LogP contribution < -0.4 is 15.2 Å². The number of amidine groups is 1. The average molecular weight is 294 g/mol. The van der Waals surface area contributed by atoms with Gasteiger partial charge in [0.15, 0.2) is 5.84 Å². The first kappa shape index (κ1) is 17.1. The highest BCUT2D eigenvalue weighted by molar-refractivity contribution is 5.99. The molecule has 3 N–H and O–H groups in total. The number of ether oxygens (including phenoxy) is 2. The van der Waals surface area contributed by atoms with Crippen molar-refractivity contribution in [2.45, 2.75) is 45.4 Å². The van der Waals surface area contributed by atoms with E-state index in [2.05, 4.69) is 12.1 Å². The molecule has 0 aliphatic carbocycles. The summed E-state index contributed by atoms with van der Waals surface area (Å²) in [6.07, 6.45) is 7.22. The van der Waals surface area contributed by atoms with Gasteiger partial charge in [0.25, 0.3) is 0 Å². The molecule has 5 nitrogen and oxygen atoms in total. The van der Waals surface area contributed by atoms with Gasteiger partial charge in [-0.15, -0.1) is 0 Å². The Hall–Kier alpha value is -1.91. The van der Waals surface area contributed by atoms with Gasteiger partial charge in [-0.3, -0.25) is 0 Å². The first-order valence-electron chi connectivity index (χ1n) is 7.51. The number of hydrogen-bond donors (Lipinski definition) is 2. The molecule has 5 heteroatoms. The third-order valence-corrected chi connectivity index (χ3v) is 3.33. The predicted molar refractivity (Wildman–Crippen MR) is 84.4 cm³/mol. The van der Waals surface area contributed by atoms with E-state index in [-0.39, 0.29) is 5.84 Å². The number of benzene rings is 1. The second-order valence-electron chi connectivity index (χ2n) is 4.96. The first-order valence-corrected chi connectivity index (χ1v) is 7.51. The van der Waals surface area contributed by atoms with Crippen LogP contribution in [-0.4, -0.2) is 24.8 Å². The molecule has 0 amide bonds. The zero-order chi connectivity index (χ0) is 15.5. The van der Waals surface area contributed by atoms with E-state index in [0.717, 1.165) is 12.8 Å². The van der Waals surface area contributed by atoms with Crippen molar-refractivity contribution in [3.8, 4) is 11.5 Å². The summed E-state index contributed by atoms with van der Waals surface area (Å²) in [5.41, 5.74) is 6.22. The molecule has 1 aromatic rings. The minimum absolute atomic E-state index is 0.0376. The third-order valence-electron chi connectivity index (χ3n) is 3.33. The van der Waals surface area contributed by atoms with Crippen LogP contribution in [0.3, 0.4) is 0 Å². The van der Waals surface area contributed by atoms with Crippen molar-refractivity contribution >= 4 is 5.84 Å². The van der Waals surface area contributed by atoms with Crippen molar-refractivity contribution < 1.29 is 14.7 Å². The Morgan fingerprint density at radius 3 is 2.57 bits per heavy atom. The molecule has 0 saturated heterocycles. The van der Waals surface area contributed by atoms with Gasteiger partial charge in [0.2, 0.25) is 0 Å². The number of unbranched alkanes of at least 4 members (excludes halogenated alkanes) is 5. The Labute approximate surface area is 126 Å². The molecule has 21 heavy (non-hydrogen) atoms. The van der Waals surface area contributed by atoms with E-state index in [1.807, 2.05) is 0 Å². The minimum Gasteiger partial charge on any atom is -0.497 e. The summed E-state index contributed by atoms with van der Waals surface area (Å²) in [7, 11) is 1.59. The first-order chi connectivity index (χ1) is 10.2. The molecule has 0 atom stereocenters. The largest absolute Gasteiger partial charge is 0.497 e. The van der Waals surface area contributed by atoms with Crippen LogP contribution in [0.2, 0.25) is 0 Å². The summed E-state index contributed by atoms with van der Waals surface area (Å²) in [5, 5.41) is 11.8. The van der Waals surface area contributed by atoms with Crippen LogP contribution in [0.4, 0.5) is 0 Å². The lowest BCUT2D eigenvalue weighted by molar-refractivity contribution is 0.299. The Bertz CT molecular complexity index is 447. The highest BCUT2D eigenvalue weighted by Gasteiger charge is 2.10. The van der Waals surface area contributed by atoms with Gasteiger partial charge in [0.1, 0.15) is 11.5 Å². The van der Waals surface area contributed by atoms with Gasteiger partial charge in [0, 0.05) is 6.07 Å². The van der Waals surface area contributed by atoms with Gasteiger partial charge in [-0.2, -0.15) is 0 Å². The molecule has 0 aromatic heterocycles. The van der Waals surface area contributed by atoms with E-state index in [1.54, 1.807) is 25.3 Å². The van der Waals surface area contributed by atoms with Crippen LogP contribution in [0.25, 0.3) is 0 Å². The lowest BCUT2D eigenvalue weighted by Crippen LogP contribution is -2.15. The van der Waals surface area contributed by atoms with Crippen LogP contribution in [0.1, 0.15) is 51.0 Å². The number of methoxy groups -OCH3 is 1. The smallest absolute Gasteiger partial charge is 0.173 e. The van der Waals surface area contributed by atoms with Crippen molar-refractivity contribution in [1.82, 2.24) is 0 Å². The van der Waals surface area contributed by atoms with Gasteiger partial charge in [0.05, 0.1) is 19.3 Å². The maximum atomic E-state index is 8.81. The third kappa shape index (κ3) is 5.94. The van der Waals surface area contributed by atoms with Gasteiger partial charge < -0.3 is 20.4 Å². The fraction of sp³-hybridized carbons (Fsp3) is 0.562. The number of nitrogens with zero attached hydrogens (tertiary/aromatic N) is 1. The molecule has 1 aromatic carbocycles. The zero-order valence-corrected chi connectivity index (χ0v) is 13.0. The van der Waals surface area contributed by atoms with Gasteiger partial charge >= 0.3 is 0 Å². The van der Waals surface area contributed by atoms with E-state index in [9.17, 15) is 0 Å². The molecular formula is C16H26N2O3. The molecule has 118 valence electrons. The molecular weight excluding hydrogens is 268 g/mol. The van der Waals surface area contributed by atoms with Gasteiger partial charge in [-0.05, 0) is 18.6 Å². The Balaban J connectivity index is 2.52. The van der Waals surface area contributed by atoms with Gasteiger partial charge in [-0.25, -0.2) is 0 Å². The molecule has 0 aliphatic rings. The van der Waals surface area contributed by atoms with Crippen molar-refractivity contribution in [1.29, 1.82) is 0 Å². The molecule has 0 unspecified atom stereocenters. The van der Waals surface area contributed by atoms with Crippen LogP contribution in [0.5, 0.6) is 11.5 Å². The summed E-state index contributed by atoms with van der Waals surface area (Å²) in [6.45, 7) is 2.82. The minimum atomic E-state index is 0.0376. The highest BCUT2D eigenvalue weighted by atomic mass is 16.5. The lowest BCUT2D eigenvalue weighted by Gasteiger charge is -2.12. The fourth-order valence-electron chi connectivity index (χ4n) is 2.08. The highest BCUT2D eigenvalue weighted by Crippen LogP contribution is 2.25. The Morgan fingerprint density at radius 1 is 1.19 bits per heavy atom. The molecule has 0 saturated carbocycles. The Kier molecular flexibility index (Phi) is 8.09. The average Bonchev–Trinajstić information content (AvgIpc) is 2.53. The summed E-state index contributed by atoms with van der Waals surface area (Å²) in [4.78, 5) is 0. The number of nitrogens with two attached hydrogens (primary N) is 1. The van der Waals surface area contributed by atoms with E-state index < -0.39 is 0 Å². The molecule has 0 spiro atoms. The molecule has 1 rings (SSSR count). The zero-order valence-electron chi connectivity index (χ0n) is 13.0. The molecule has 0 aliphatic heterocycles. The number of rotatable bonds is 10. The van der Waals surface area contributed by atoms with E-state index in [4.69, 9.17) is 20.4 Å². The standard InChI is InChI=1S/C16H26N2O3/c1-3-4-5-6-7-8-11-21-15-12-13(20-2)9-10-14(15)16(17)18-19/h9-10,12,19H,3-8,11H2,1-2H3,(H2,17,18).